The molecule has 1 unspecified atom stereocenters. The van der Waals surface area contributed by atoms with E-state index in [1.165, 1.54) is 0 Å². The fraction of sp³-hybridized carbons (Fsp3) is 0.800. The van der Waals surface area contributed by atoms with Gasteiger partial charge in [-0.25, -0.2) is 0 Å². The molecule has 0 bridgehead atoms. The minimum atomic E-state index is -0.352. The van der Waals surface area contributed by atoms with Crippen LogP contribution in [0.25, 0.3) is 0 Å². The number of hydrogen-bond acceptors (Lipinski definition) is 4. The van der Waals surface area contributed by atoms with Gasteiger partial charge in [-0.15, -0.1) is 0 Å². The zero-order valence-corrected chi connectivity index (χ0v) is 9.28. The number of nitrogens with zero attached hydrogens (tertiary/aromatic N) is 2. The summed E-state index contributed by atoms with van der Waals surface area (Å²) in [5.74, 6) is -0.267. The van der Waals surface area contributed by atoms with E-state index >= 15 is 0 Å². The van der Waals surface area contributed by atoms with E-state index < -0.39 is 0 Å². The van der Waals surface area contributed by atoms with Crippen molar-refractivity contribution in [1.29, 1.82) is 5.26 Å². The molecule has 0 aliphatic heterocycles. The molecule has 0 saturated carbocycles. The number of nitriles is 1. The van der Waals surface area contributed by atoms with E-state index in [0.29, 0.717) is 6.61 Å². The predicted octanol–water partition coefficient (Wildman–Crippen LogP) is 1.17. The fourth-order valence-electron chi connectivity index (χ4n) is 1.25. The standard InChI is InChI=1S/C10H18N2O2/c1-5-14-10(13)9(4)12(7-6-11)8(2)3/h8-9H,5,7H2,1-4H3. The Morgan fingerprint density at radius 2 is 2.07 bits per heavy atom. The van der Waals surface area contributed by atoms with Crippen LogP contribution >= 0.6 is 0 Å². The van der Waals surface area contributed by atoms with Crippen molar-refractivity contribution < 1.29 is 9.53 Å². The normalized spacial score (nSPS) is 12.6. The molecule has 0 spiro atoms. The Kier molecular flexibility index (Phi) is 5.89. The number of carbonyl (C=O) groups is 1. The Hall–Kier alpha value is -1.08. The maximum Gasteiger partial charge on any atom is 0.323 e. The Morgan fingerprint density at radius 1 is 1.50 bits per heavy atom. The predicted molar refractivity (Wildman–Crippen MR) is 53.6 cm³/mol. The van der Waals surface area contributed by atoms with Crippen molar-refractivity contribution in [3.05, 3.63) is 0 Å². The average molecular weight is 198 g/mol. The number of rotatable bonds is 5. The first-order chi connectivity index (χ1) is 6.54. The molecule has 0 amide bonds. The topological polar surface area (TPSA) is 53.3 Å². The van der Waals surface area contributed by atoms with E-state index in [1.54, 1.807) is 18.7 Å². The lowest BCUT2D eigenvalue weighted by Gasteiger charge is -2.28. The first-order valence-corrected chi connectivity index (χ1v) is 4.83. The largest absolute Gasteiger partial charge is 0.465 e. The average Bonchev–Trinajstić information content (AvgIpc) is 2.13. The summed E-state index contributed by atoms with van der Waals surface area (Å²) < 4.78 is 4.89. The van der Waals surface area contributed by atoms with Gasteiger partial charge in [-0.1, -0.05) is 0 Å². The number of ether oxygens (including phenoxy) is 1. The maximum absolute atomic E-state index is 11.4. The molecule has 0 heterocycles. The third-order valence-corrected chi connectivity index (χ3v) is 2.04. The van der Waals surface area contributed by atoms with E-state index in [2.05, 4.69) is 0 Å². The monoisotopic (exact) mass is 198 g/mol. The summed E-state index contributed by atoms with van der Waals surface area (Å²) in [6.07, 6.45) is 0. The van der Waals surface area contributed by atoms with Gasteiger partial charge in [0.1, 0.15) is 6.04 Å². The minimum Gasteiger partial charge on any atom is -0.465 e. The maximum atomic E-state index is 11.4. The van der Waals surface area contributed by atoms with E-state index in [4.69, 9.17) is 10.00 Å². The summed E-state index contributed by atoms with van der Waals surface area (Å²) >= 11 is 0. The highest BCUT2D eigenvalue weighted by atomic mass is 16.5. The zero-order valence-electron chi connectivity index (χ0n) is 9.28. The van der Waals surface area contributed by atoms with E-state index in [1.807, 2.05) is 19.9 Å². The zero-order chi connectivity index (χ0) is 11.1. The first kappa shape index (κ1) is 12.9. The van der Waals surface area contributed by atoms with Gasteiger partial charge in [0.15, 0.2) is 0 Å². The molecular weight excluding hydrogens is 180 g/mol. The second-order valence-corrected chi connectivity index (χ2v) is 3.35. The van der Waals surface area contributed by atoms with Gasteiger partial charge >= 0.3 is 5.97 Å². The van der Waals surface area contributed by atoms with Crippen LogP contribution in [0.3, 0.4) is 0 Å². The second kappa shape index (κ2) is 6.39. The third kappa shape index (κ3) is 3.75. The molecule has 0 fully saturated rings. The van der Waals surface area contributed by atoms with Gasteiger partial charge in [0.05, 0.1) is 19.2 Å². The van der Waals surface area contributed by atoms with Crippen LogP contribution in [-0.4, -0.2) is 36.1 Å². The fourth-order valence-corrected chi connectivity index (χ4v) is 1.25. The summed E-state index contributed by atoms with van der Waals surface area (Å²) in [5.41, 5.74) is 0. The van der Waals surface area contributed by atoms with E-state index in [9.17, 15) is 4.79 Å². The summed E-state index contributed by atoms with van der Waals surface area (Å²) in [7, 11) is 0. The molecule has 0 N–H and O–H groups in total. The van der Waals surface area contributed by atoms with Crippen molar-refractivity contribution in [3.63, 3.8) is 0 Å². The smallest absolute Gasteiger partial charge is 0.323 e. The lowest BCUT2D eigenvalue weighted by Crippen LogP contribution is -2.44. The lowest BCUT2D eigenvalue weighted by molar-refractivity contribution is -0.149. The van der Waals surface area contributed by atoms with Crippen molar-refractivity contribution in [2.24, 2.45) is 0 Å². The molecule has 0 aromatic carbocycles. The second-order valence-electron chi connectivity index (χ2n) is 3.35. The summed E-state index contributed by atoms with van der Waals surface area (Å²) in [5, 5.41) is 8.60. The SMILES string of the molecule is CCOC(=O)C(C)N(CC#N)C(C)C. The molecule has 4 nitrogen and oxygen atoms in total. The Morgan fingerprint density at radius 3 is 2.43 bits per heavy atom. The molecule has 14 heavy (non-hydrogen) atoms. The molecule has 0 aromatic heterocycles. The van der Waals surface area contributed by atoms with Gasteiger partial charge in [0.2, 0.25) is 0 Å². The van der Waals surface area contributed by atoms with Crippen molar-refractivity contribution in [2.45, 2.75) is 39.8 Å². The van der Waals surface area contributed by atoms with Gasteiger partial charge < -0.3 is 4.74 Å². The van der Waals surface area contributed by atoms with Crippen LogP contribution in [0.5, 0.6) is 0 Å². The van der Waals surface area contributed by atoms with E-state index in [-0.39, 0.29) is 24.6 Å². The van der Waals surface area contributed by atoms with Gasteiger partial charge in [0.25, 0.3) is 0 Å². The van der Waals surface area contributed by atoms with Crippen LogP contribution in [0.4, 0.5) is 0 Å². The first-order valence-electron chi connectivity index (χ1n) is 4.83. The molecule has 0 rings (SSSR count). The molecule has 0 radical (unpaired) electrons. The van der Waals surface area contributed by atoms with Gasteiger partial charge in [0, 0.05) is 6.04 Å². The Labute approximate surface area is 85.5 Å². The van der Waals surface area contributed by atoms with Crippen LogP contribution in [-0.2, 0) is 9.53 Å². The molecule has 0 aliphatic carbocycles. The summed E-state index contributed by atoms with van der Waals surface area (Å²) in [6, 6.07) is 1.85. The minimum absolute atomic E-state index is 0.161. The molecule has 0 saturated heterocycles. The Balaban J connectivity index is 4.36. The van der Waals surface area contributed by atoms with Crippen LogP contribution < -0.4 is 0 Å². The van der Waals surface area contributed by atoms with Gasteiger partial charge in [-0.3, -0.25) is 9.69 Å². The van der Waals surface area contributed by atoms with Crippen molar-refractivity contribution >= 4 is 5.97 Å². The third-order valence-electron chi connectivity index (χ3n) is 2.04. The van der Waals surface area contributed by atoms with E-state index in [0.717, 1.165) is 0 Å². The van der Waals surface area contributed by atoms with Crippen molar-refractivity contribution in [2.75, 3.05) is 13.2 Å². The molecule has 1 atom stereocenters. The molecule has 0 aromatic rings. The molecule has 4 heteroatoms. The van der Waals surface area contributed by atoms with Crippen LogP contribution in [0.15, 0.2) is 0 Å². The molecular formula is C10H18N2O2. The number of hydrogen-bond donors (Lipinski definition) is 0. The quantitative estimate of drug-likeness (QED) is 0.491. The molecule has 0 aliphatic rings. The van der Waals surface area contributed by atoms with Crippen molar-refractivity contribution in [1.82, 2.24) is 4.90 Å². The van der Waals surface area contributed by atoms with Crippen molar-refractivity contribution in [3.8, 4) is 6.07 Å². The number of esters is 1. The van der Waals surface area contributed by atoms with Gasteiger partial charge in [-0.05, 0) is 27.7 Å². The highest BCUT2D eigenvalue weighted by Crippen LogP contribution is 2.06. The Bertz CT molecular complexity index is 221. The number of carbonyl (C=O) groups excluding carboxylic acids is 1. The summed E-state index contributed by atoms with van der Waals surface area (Å²) in [6.45, 7) is 8.06. The highest BCUT2D eigenvalue weighted by molar-refractivity contribution is 5.75. The van der Waals surface area contributed by atoms with Gasteiger partial charge in [-0.2, -0.15) is 5.26 Å². The van der Waals surface area contributed by atoms with Crippen LogP contribution in [0, 0.1) is 11.3 Å². The van der Waals surface area contributed by atoms with Crippen LogP contribution in [0.1, 0.15) is 27.7 Å². The highest BCUT2D eigenvalue weighted by Gasteiger charge is 2.24. The van der Waals surface area contributed by atoms with Crippen LogP contribution in [0.2, 0.25) is 0 Å². The lowest BCUT2D eigenvalue weighted by atomic mass is 10.2. The summed E-state index contributed by atoms with van der Waals surface area (Å²) in [4.78, 5) is 13.2. The molecule has 80 valence electrons.